The molecule has 1 N–H and O–H groups in total. The number of amides is 1. The third-order valence-corrected chi connectivity index (χ3v) is 2.69. The summed E-state index contributed by atoms with van der Waals surface area (Å²) in [5.41, 5.74) is 1.42. The number of rotatable bonds is 3. The molecule has 0 fully saturated rings. The van der Waals surface area contributed by atoms with Gasteiger partial charge in [0.2, 0.25) is 0 Å². The van der Waals surface area contributed by atoms with Crippen LogP contribution in [0.3, 0.4) is 0 Å². The Kier molecular flexibility index (Phi) is 3.63. The second-order valence-corrected chi connectivity index (χ2v) is 3.92. The molecule has 0 bridgehead atoms. The first-order valence-corrected chi connectivity index (χ1v) is 5.83. The van der Waals surface area contributed by atoms with Crippen molar-refractivity contribution < 1.29 is 4.79 Å². The lowest BCUT2D eigenvalue weighted by molar-refractivity contribution is 0.0950. The number of para-hydroxylation sites is 1. The molecule has 0 atom stereocenters. The van der Waals surface area contributed by atoms with Gasteiger partial charge in [0.25, 0.3) is 5.91 Å². The monoisotopic (exact) mass is 241 g/mol. The van der Waals surface area contributed by atoms with Crippen LogP contribution in [0.1, 0.15) is 23.8 Å². The van der Waals surface area contributed by atoms with Crippen molar-refractivity contribution in [3.05, 3.63) is 30.0 Å². The highest BCUT2D eigenvalue weighted by atomic mass is 16.1. The Morgan fingerprint density at radius 2 is 2.22 bits per heavy atom. The van der Waals surface area contributed by atoms with Gasteiger partial charge in [0.1, 0.15) is 0 Å². The minimum Gasteiger partial charge on any atom is -0.350 e. The average Bonchev–Trinajstić information content (AvgIpc) is 2.73. The van der Waals surface area contributed by atoms with Crippen molar-refractivity contribution in [2.75, 3.05) is 6.54 Å². The number of benzene rings is 1. The van der Waals surface area contributed by atoms with Crippen LogP contribution in [0.2, 0.25) is 0 Å². The van der Waals surface area contributed by atoms with Gasteiger partial charge in [-0.25, -0.2) is 0 Å². The number of carbonyl (C=O) groups is 1. The highest BCUT2D eigenvalue weighted by Gasteiger charge is 2.14. The summed E-state index contributed by atoms with van der Waals surface area (Å²) < 4.78 is 1.72. The molecule has 1 amide bonds. The Labute approximate surface area is 106 Å². The van der Waals surface area contributed by atoms with Crippen molar-refractivity contribution in [1.29, 1.82) is 0 Å². The van der Waals surface area contributed by atoms with Crippen molar-refractivity contribution >= 4 is 16.8 Å². The first-order valence-electron chi connectivity index (χ1n) is 5.83. The van der Waals surface area contributed by atoms with E-state index in [2.05, 4.69) is 22.3 Å². The molecular weight excluding hydrogens is 226 g/mol. The van der Waals surface area contributed by atoms with Crippen LogP contribution >= 0.6 is 0 Å². The summed E-state index contributed by atoms with van der Waals surface area (Å²) in [5.74, 6) is 5.55. The molecule has 0 radical (unpaired) electrons. The minimum atomic E-state index is -0.148. The molecule has 0 aliphatic heterocycles. The van der Waals surface area contributed by atoms with Crippen LogP contribution in [0.5, 0.6) is 0 Å². The topological polar surface area (TPSA) is 46.9 Å². The number of aryl methyl sites for hydroxylation is 1. The lowest BCUT2D eigenvalue weighted by Gasteiger charge is -1.99. The SMILES string of the molecule is CC#CCCNC(=O)c1nn(C)c2ccccc12. The summed E-state index contributed by atoms with van der Waals surface area (Å²) in [6.07, 6.45) is 0.660. The Morgan fingerprint density at radius 3 is 3.00 bits per heavy atom. The largest absolute Gasteiger partial charge is 0.350 e. The first kappa shape index (κ1) is 12.2. The van der Waals surface area contributed by atoms with Crippen LogP contribution in [0.25, 0.3) is 10.9 Å². The van der Waals surface area contributed by atoms with Crippen LogP contribution < -0.4 is 5.32 Å². The Hall–Kier alpha value is -2.28. The van der Waals surface area contributed by atoms with E-state index in [0.29, 0.717) is 18.7 Å². The van der Waals surface area contributed by atoms with Gasteiger partial charge in [-0.2, -0.15) is 5.10 Å². The number of nitrogens with one attached hydrogen (secondary N) is 1. The summed E-state index contributed by atoms with van der Waals surface area (Å²) in [4.78, 5) is 12.0. The van der Waals surface area contributed by atoms with Gasteiger partial charge in [0, 0.05) is 25.4 Å². The fourth-order valence-corrected chi connectivity index (χ4v) is 1.83. The fraction of sp³-hybridized carbons (Fsp3) is 0.286. The van der Waals surface area contributed by atoms with E-state index in [0.717, 1.165) is 10.9 Å². The van der Waals surface area contributed by atoms with E-state index in [1.54, 1.807) is 11.6 Å². The van der Waals surface area contributed by atoms with Crippen molar-refractivity contribution in [1.82, 2.24) is 15.1 Å². The highest BCUT2D eigenvalue weighted by molar-refractivity contribution is 6.04. The molecule has 0 aliphatic rings. The average molecular weight is 241 g/mol. The number of aromatic nitrogens is 2. The zero-order valence-electron chi connectivity index (χ0n) is 10.5. The van der Waals surface area contributed by atoms with E-state index in [1.165, 1.54) is 0 Å². The number of carbonyl (C=O) groups excluding carboxylic acids is 1. The number of hydrogen-bond donors (Lipinski definition) is 1. The maximum absolute atomic E-state index is 12.0. The highest BCUT2D eigenvalue weighted by Crippen LogP contribution is 2.16. The van der Waals surface area contributed by atoms with Gasteiger partial charge in [-0.15, -0.1) is 11.8 Å². The second kappa shape index (κ2) is 5.37. The van der Waals surface area contributed by atoms with Crippen LogP contribution in [0.15, 0.2) is 24.3 Å². The van der Waals surface area contributed by atoms with Crippen LogP contribution in [-0.4, -0.2) is 22.2 Å². The Bertz CT molecular complexity index is 631. The van der Waals surface area contributed by atoms with Crippen LogP contribution in [0.4, 0.5) is 0 Å². The first-order chi connectivity index (χ1) is 8.74. The number of fused-ring (bicyclic) bond motifs is 1. The smallest absolute Gasteiger partial charge is 0.272 e. The minimum absolute atomic E-state index is 0.148. The van der Waals surface area contributed by atoms with E-state index >= 15 is 0 Å². The van der Waals surface area contributed by atoms with Gasteiger partial charge in [-0.1, -0.05) is 18.2 Å². The summed E-state index contributed by atoms with van der Waals surface area (Å²) in [6.45, 7) is 2.33. The lowest BCUT2D eigenvalue weighted by atomic mass is 10.2. The van der Waals surface area contributed by atoms with E-state index in [9.17, 15) is 4.79 Å². The second-order valence-electron chi connectivity index (χ2n) is 3.92. The molecule has 0 aliphatic carbocycles. The zero-order valence-corrected chi connectivity index (χ0v) is 10.5. The summed E-state index contributed by atoms with van der Waals surface area (Å²) in [7, 11) is 1.83. The van der Waals surface area contributed by atoms with Crippen molar-refractivity contribution in [3.63, 3.8) is 0 Å². The standard InChI is InChI=1S/C14H15N3O/c1-3-4-7-10-15-14(18)13-11-8-5-6-9-12(11)17(2)16-13/h5-6,8-9H,7,10H2,1-2H3,(H,15,18). The predicted molar refractivity (Wildman–Crippen MR) is 71.1 cm³/mol. The zero-order chi connectivity index (χ0) is 13.0. The number of hydrogen-bond acceptors (Lipinski definition) is 2. The van der Waals surface area contributed by atoms with Crippen molar-refractivity contribution in [2.24, 2.45) is 7.05 Å². The molecule has 4 nitrogen and oxygen atoms in total. The fourth-order valence-electron chi connectivity index (χ4n) is 1.83. The Balaban J connectivity index is 2.19. The van der Waals surface area contributed by atoms with E-state index in [-0.39, 0.29) is 5.91 Å². The molecule has 18 heavy (non-hydrogen) atoms. The third-order valence-electron chi connectivity index (χ3n) is 2.69. The van der Waals surface area contributed by atoms with Gasteiger partial charge < -0.3 is 5.32 Å². The van der Waals surface area contributed by atoms with Gasteiger partial charge in [0.15, 0.2) is 5.69 Å². The van der Waals surface area contributed by atoms with Gasteiger partial charge in [0.05, 0.1) is 5.52 Å². The molecule has 2 aromatic rings. The molecule has 92 valence electrons. The van der Waals surface area contributed by atoms with Gasteiger partial charge >= 0.3 is 0 Å². The molecule has 0 saturated heterocycles. The Morgan fingerprint density at radius 1 is 1.44 bits per heavy atom. The molecular formula is C14H15N3O. The maximum Gasteiger partial charge on any atom is 0.272 e. The van der Waals surface area contributed by atoms with Gasteiger partial charge in [-0.05, 0) is 13.0 Å². The third kappa shape index (κ3) is 2.35. The molecule has 1 aromatic carbocycles. The normalized spacial score (nSPS) is 9.89. The predicted octanol–water partition coefficient (Wildman–Crippen LogP) is 1.72. The maximum atomic E-state index is 12.0. The molecule has 2 rings (SSSR count). The van der Waals surface area contributed by atoms with Crippen molar-refractivity contribution in [3.8, 4) is 11.8 Å². The van der Waals surface area contributed by atoms with Crippen LogP contribution in [0, 0.1) is 11.8 Å². The summed E-state index contributed by atoms with van der Waals surface area (Å²) >= 11 is 0. The molecule has 4 heteroatoms. The lowest BCUT2D eigenvalue weighted by Crippen LogP contribution is -2.24. The molecule has 1 aromatic heterocycles. The van der Waals surface area contributed by atoms with E-state index in [1.807, 2.05) is 31.3 Å². The quantitative estimate of drug-likeness (QED) is 0.657. The number of nitrogens with zero attached hydrogens (tertiary/aromatic N) is 2. The molecule has 1 heterocycles. The molecule has 0 saturated carbocycles. The molecule has 0 unspecified atom stereocenters. The summed E-state index contributed by atoms with van der Waals surface area (Å²) in [5, 5.41) is 7.95. The van der Waals surface area contributed by atoms with Crippen LogP contribution in [-0.2, 0) is 7.05 Å². The van der Waals surface area contributed by atoms with Gasteiger partial charge in [-0.3, -0.25) is 9.48 Å². The van der Waals surface area contributed by atoms with E-state index < -0.39 is 0 Å². The van der Waals surface area contributed by atoms with E-state index in [4.69, 9.17) is 0 Å². The summed E-state index contributed by atoms with van der Waals surface area (Å²) in [6, 6.07) is 7.69. The molecule has 0 spiro atoms. The van der Waals surface area contributed by atoms with Crippen molar-refractivity contribution in [2.45, 2.75) is 13.3 Å².